The molecule has 0 aromatic heterocycles. The summed E-state index contributed by atoms with van der Waals surface area (Å²) in [7, 11) is 0. The summed E-state index contributed by atoms with van der Waals surface area (Å²) in [5.74, 6) is -1.55. The summed E-state index contributed by atoms with van der Waals surface area (Å²) >= 11 is 0. The summed E-state index contributed by atoms with van der Waals surface area (Å²) in [6.45, 7) is 1.24. The third-order valence-electron chi connectivity index (χ3n) is 2.66. The van der Waals surface area contributed by atoms with E-state index in [1.54, 1.807) is 24.3 Å². The number of rotatable bonds is 3. The van der Waals surface area contributed by atoms with Gasteiger partial charge in [0, 0.05) is 0 Å². The lowest BCUT2D eigenvalue weighted by molar-refractivity contribution is -0.137. The monoisotopic (exact) mass is 248 g/mol. The van der Waals surface area contributed by atoms with Crippen LogP contribution in [0.15, 0.2) is 24.3 Å². The second-order valence-corrected chi connectivity index (χ2v) is 4.10. The molecule has 1 aromatic carbocycles. The Bertz CT molecular complexity index is 509. The van der Waals surface area contributed by atoms with Crippen molar-refractivity contribution in [2.24, 2.45) is 0 Å². The van der Waals surface area contributed by atoms with E-state index in [-0.39, 0.29) is 6.54 Å². The second-order valence-electron chi connectivity index (χ2n) is 4.10. The van der Waals surface area contributed by atoms with Gasteiger partial charge < -0.3 is 10.0 Å². The molecule has 0 atom stereocenters. The first-order valence-corrected chi connectivity index (χ1v) is 5.39. The van der Waals surface area contributed by atoms with E-state index in [9.17, 15) is 14.4 Å². The Balaban J connectivity index is 2.24. The van der Waals surface area contributed by atoms with Crippen LogP contribution >= 0.6 is 0 Å². The first kappa shape index (κ1) is 12.1. The third kappa shape index (κ3) is 2.17. The summed E-state index contributed by atoms with van der Waals surface area (Å²) in [6.07, 6.45) is 0. The molecule has 0 spiro atoms. The topological polar surface area (TPSA) is 77.9 Å². The van der Waals surface area contributed by atoms with Crippen LogP contribution in [0.2, 0.25) is 0 Å². The van der Waals surface area contributed by atoms with E-state index in [0.717, 1.165) is 15.4 Å². The Labute approximate surface area is 103 Å². The summed E-state index contributed by atoms with van der Waals surface area (Å²) in [4.78, 5) is 36.2. The first-order valence-electron chi connectivity index (χ1n) is 5.39. The van der Waals surface area contributed by atoms with Gasteiger partial charge in [-0.2, -0.15) is 0 Å². The molecule has 1 saturated heterocycles. The molecule has 6 nitrogen and oxygen atoms in total. The number of aliphatic carboxylic acids is 1. The van der Waals surface area contributed by atoms with Gasteiger partial charge in [0.2, 0.25) is 0 Å². The van der Waals surface area contributed by atoms with Crippen LogP contribution in [0.25, 0.3) is 0 Å². The van der Waals surface area contributed by atoms with E-state index in [0.29, 0.717) is 5.69 Å². The summed E-state index contributed by atoms with van der Waals surface area (Å²) in [6, 6.07) is 6.31. The van der Waals surface area contributed by atoms with Crippen molar-refractivity contribution in [1.82, 2.24) is 4.90 Å². The fourth-order valence-electron chi connectivity index (χ4n) is 1.78. The van der Waals surface area contributed by atoms with Crippen molar-refractivity contribution in [3.05, 3.63) is 29.8 Å². The van der Waals surface area contributed by atoms with Gasteiger partial charge in [-0.15, -0.1) is 0 Å². The predicted molar refractivity (Wildman–Crippen MR) is 63.3 cm³/mol. The number of carbonyl (C=O) groups excluding carboxylic acids is 2. The molecule has 1 fully saturated rings. The minimum atomic E-state index is -1.14. The lowest BCUT2D eigenvalue weighted by atomic mass is 10.2. The maximum atomic E-state index is 11.9. The molecule has 1 aliphatic heterocycles. The molecular weight excluding hydrogens is 236 g/mol. The fraction of sp³-hybridized carbons (Fsp3) is 0.250. The molecular formula is C12H12N2O4. The molecule has 1 aliphatic rings. The molecule has 1 N–H and O–H groups in total. The van der Waals surface area contributed by atoms with Crippen LogP contribution in [-0.4, -0.2) is 41.0 Å². The number of carboxylic acid groups (broad SMARTS) is 1. The largest absolute Gasteiger partial charge is 0.480 e. The predicted octanol–water partition coefficient (Wildman–Crippen LogP) is 0.848. The van der Waals surface area contributed by atoms with Gasteiger partial charge in [-0.05, 0) is 19.1 Å². The van der Waals surface area contributed by atoms with Gasteiger partial charge in [-0.1, -0.05) is 17.7 Å². The SMILES string of the molecule is Cc1ccc(N2C(=O)CN(CC(=O)O)C2=O)cc1. The Morgan fingerprint density at radius 2 is 1.89 bits per heavy atom. The van der Waals surface area contributed by atoms with Gasteiger partial charge >= 0.3 is 12.0 Å². The molecule has 94 valence electrons. The zero-order valence-electron chi connectivity index (χ0n) is 9.79. The van der Waals surface area contributed by atoms with Gasteiger partial charge in [-0.25, -0.2) is 9.69 Å². The molecule has 18 heavy (non-hydrogen) atoms. The average molecular weight is 248 g/mol. The number of aryl methyl sites for hydroxylation is 1. The molecule has 6 heteroatoms. The maximum absolute atomic E-state index is 11.9. The summed E-state index contributed by atoms with van der Waals surface area (Å²) in [5, 5.41) is 8.65. The molecule has 1 aromatic rings. The van der Waals surface area contributed by atoms with Crippen LogP contribution in [-0.2, 0) is 9.59 Å². The molecule has 0 aliphatic carbocycles. The van der Waals surface area contributed by atoms with Crippen molar-refractivity contribution >= 4 is 23.6 Å². The number of amides is 3. The van der Waals surface area contributed by atoms with Crippen LogP contribution in [0, 0.1) is 6.92 Å². The van der Waals surface area contributed by atoms with E-state index in [1.165, 1.54) is 0 Å². The number of hydrogen-bond donors (Lipinski definition) is 1. The number of benzene rings is 1. The van der Waals surface area contributed by atoms with E-state index >= 15 is 0 Å². The smallest absolute Gasteiger partial charge is 0.332 e. The van der Waals surface area contributed by atoms with Crippen LogP contribution in [0.1, 0.15) is 5.56 Å². The summed E-state index contributed by atoms with van der Waals surface area (Å²) < 4.78 is 0. The molecule has 0 radical (unpaired) electrons. The van der Waals surface area contributed by atoms with Crippen LogP contribution < -0.4 is 4.90 Å². The van der Waals surface area contributed by atoms with Crippen molar-refractivity contribution < 1.29 is 19.5 Å². The number of imide groups is 1. The molecule has 0 saturated carbocycles. The van der Waals surface area contributed by atoms with Crippen molar-refractivity contribution in [2.75, 3.05) is 18.0 Å². The highest BCUT2D eigenvalue weighted by molar-refractivity contribution is 6.20. The van der Waals surface area contributed by atoms with Gasteiger partial charge in [0.1, 0.15) is 13.1 Å². The minimum Gasteiger partial charge on any atom is -0.480 e. The van der Waals surface area contributed by atoms with Crippen molar-refractivity contribution in [3.63, 3.8) is 0 Å². The number of urea groups is 1. The zero-order chi connectivity index (χ0) is 13.3. The first-order chi connectivity index (χ1) is 8.49. The number of anilines is 1. The summed E-state index contributed by atoms with van der Waals surface area (Å²) in [5.41, 5.74) is 1.48. The normalized spacial score (nSPS) is 15.4. The number of carboxylic acids is 1. The van der Waals surface area contributed by atoms with Crippen LogP contribution in [0.5, 0.6) is 0 Å². The molecule has 1 heterocycles. The number of nitrogens with zero attached hydrogens (tertiary/aromatic N) is 2. The average Bonchev–Trinajstić information content (AvgIpc) is 2.55. The van der Waals surface area contributed by atoms with E-state index in [2.05, 4.69) is 0 Å². The zero-order valence-corrected chi connectivity index (χ0v) is 9.79. The highest BCUT2D eigenvalue weighted by Crippen LogP contribution is 2.21. The quantitative estimate of drug-likeness (QED) is 0.804. The maximum Gasteiger partial charge on any atom is 0.332 e. The van der Waals surface area contributed by atoms with Crippen LogP contribution in [0.4, 0.5) is 10.5 Å². The number of hydrogen-bond acceptors (Lipinski definition) is 3. The van der Waals surface area contributed by atoms with E-state index < -0.39 is 24.5 Å². The Morgan fingerprint density at radius 1 is 1.28 bits per heavy atom. The highest BCUT2D eigenvalue weighted by Gasteiger charge is 2.37. The molecule has 0 bridgehead atoms. The molecule has 2 rings (SSSR count). The minimum absolute atomic E-state index is 0.195. The van der Waals surface area contributed by atoms with Crippen molar-refractivity contribution in [2.45, 2.75) is 6.92 Å². The molecule has 3 amide bonds. The van der Waals surface area contributed by atoms with Crippen LogP contribution in [0.3, 0.4) is 0 Å². The van der Waals surface area contributed by atoms with Crippen molar-refractivity contribution in [3.8, 4) is 0 Å². The van der Waals surface area contributed by atoms with E-state index in [4.69, 9.17) is 5.11 Å². The van der Waals surface area contributed by atoms with Gasteiger partial charge in [0.25, 0.3) is 5.91 Å². The van der Waals surface area contributed by atoms with Gasteiger partial charge in [-0.3, -0.25) is 9.59 Å². The third-order valence-corrected chi connectivity index (χ3v) is 2.66. The Kier molecular flexibility index (Phi) is 3.01. The lowest BCUT2D eigenvalue weighted by Crippen LogP contribution is -2.35. The van der Waals surface area contributed by atoms with Gasteiger partial charge in [0.05, 0.1) is 5.69 Å². The van der Waals surface area contributed by atoms with Crippen molar-refractivity contribution in [1.29, 1.82) is 0 Å². The van der Waals surface area contributed by atoms with E-state index in [1.807, 2.05) is 6.92 Å². The highest BCUT2D eigenvalue weighted by atomic mass is 16.4. The Hall–Kier alpha value is -2.37. The second kappa shape index (κ2) is 4.48. The Morgan fingerprint density at radius 3 is 2.44 bits per heavy atom. The number of carbonyl (C=O) groups is 3. The molecule has 0 unspecified atom stereocenters. The standard InChI is InChI=1S/C12H12N2O4/c1-8-2-4-9(5-3-8)14-10(15)6-13(12(14)18)7-11(16)17/h2-5H,6-7H2,1H3,(H,16,17). The lowest BCUT2D eigenvalue weighted by Gasteiger charge is -2.15. The van der Waals surface area contributed by atoms with Gasteiger partial charge in [0.15, 0.2) is 0 Å². The fourth-order valence-corrected chi connectivity index (χ4v) is 1.78.